The van der Waals surface area contributed by atoms with Crippen molar-refractivity contribution in [3.8, 4) is 0 Å². The summed E-state index contributed by atoms with van der Waals surface area (Å²) in [4.78, 5) is 28.0. The van der Waals surface area contributed by atoms with E-state index in [9.17, 15) is 14.9 Å². The minimum absolute atomic E-state index is 0.0774. The molecule has 0 fully saturated rings. The van der Waals surface area contributed by atoms with Gasteiger partial charge in [-0.15, -0.1) is 0 Å². The molecule has 8 nitrogen and oxygen atoms in total. The molecule has 0 spiro atoms. The highest BCUT2D eigenvalue weighted by atomic mass is 79.9. The van der Waals surface area contributed by atoms with Crippen LogP contribution in [0.4, 0.5) is 17.1 Å². The Morgan fingerprint density at radius 2 is 1.85 bits per heavy atom. The normalized spacial score (nSPS) is 13.9. The number of halogens is 1. The first-order chi connectivity index (χ1) is 16.5. The highest BCUT2D eigenvalue weighted by molar-refractivity contribution is 9.10. The monoisotopic (exact) mass is 515 g/mol. The maximum absolute atomic E-state index is 13.1. The summed E-state index contributed by atoms with van der Waals surface area (Å²) in [5, 5.41) is 17.6. The third-order valence-electron chi connectivity index (χ3n) is 5.49. The van der Waals surface area contributed by atoms with Crippen LogP contribution in [0.5, 0.6) is 0 Å². The lowest BCUT2D eigenvalue weighted by molar-refractivity contribution is -0.384. The van der Waals surface area contributed by atoms with Gasteiger partial charge >= 0.3 is 0 Å². The maximum Gasteiger partial charge on any atom is 0.270 e. The van der Waals surface area contributed by atoms with Gasteiger partial charge < -0.3 is 15.2 Å². The first-order valence-electron chi connectivity index (χ1n) is 10.4. The van der Waals surface area contributed by atoms with E-state index in [1.54, 1.807) is 18.6 Å². The number of hydrogen-bond donors (Lipinski definition) is 2. The van der Waals surface area contributed by atoms with Crippen molar-refractivity contribution in [1.82, 2.24) is 9.55 Å². The summed E-state index contributed by atoms with van der Waals surface area (Å²) in [5.41, 5.74) is 4.49. The van der Waals surface area contributed by atoms with Crippen LogP contribution in [0.2, 0.25) is 0 Å². The number of aromatic nitrogens is 2. The summed E-state index contributed by atoms with van der Waals surface area (Å²) in [5.74, 6) is -0.322. The van der Waals surface area contributed by atoms with Gasteiger partial charge in [-0.3, -0.25) is 14.9 Å². The molecule has 1 aromatic heterocycles. The molecular formula is C25H18BrN5O3. The van der Waals surface area contributed by atoms with Crippen LogP contribution in [0.15, 0.2) is 89.9 Å². The van der Waals surface area contributed by atoms with Crippen LogP contribution in [-0.2, 0) is 11.3 Å². The molecule has 5 rings (SSSR count). The number of anilines is 2. The number of hydrogen-bond acceptors (Lipinski definition) is 5. The van der Waals surface area contributed by atoms with E-state index >= 15 is 0 Å². The van der Waals surface area contributed by atoms with Crippen molar-refractivity contribution in [3.05, 3.63) is 117 Å². The molecule has 1 aliphatic heterocycles. The maximum atomic E-state index is 13.1. The third-order valence-corrected chi connectivity index (χ3v) is 6.02. The van der Waals surface area contributed by atoms with Crippen molar-refractivity contribution in [2.75, 3.05) is 10.6 Å². The number of rotatable bonds is 6. The summed E-state index contributed by atoms with van der Waals surface area (Å²) >= 11 is 3.43. The van der Waals surface area contributed by atoms with Crippen molar-refractivity contribution < 1.29 is 9.72 Å². The summed E-state index contributed by atoms with van der Waals surface area (Å²) in [7, 11) is 0. The van der Waals surface area contributed by atoms with Gasteiger partial charge in [0.2, 0.25) is 0 Å². The molecule has 0 aliphatic carbocycles. The minimum Gasteiger partial charge on any atom is -0.354 e. The Morgan fingerprint density at radius 3 is 2.53 bits per heavy atom. The molecule has 3 aromatic carbocycles. The van der Waals surface area contributed by atoms with E-state index in [0.29, 0.717) is 29.1 Å². The molecule has 34 heavy (non-hydrogen) atoms. The van der Waals surface area contributed by atoms with Crippen molar-refractivity contribution in [2.24, 2.45) is 0 Å². The zero-order valence-electron chi connectivity index (χ0n) is 17.7. The van der Waals surface area contributed by atoms with Gasteiger partial charge in [0.1, 0.15) is 0 Å². The quantitative estimate of drug-likeness (QED) is 0.199. The van der Waals surface area contributed by atoms with Crippen molar-refractivity contribution >= 4 is 50.2 Å². The molecule has 0 radical (unpaired) electrons. The zero-order valence-corrected chi connectivity index (χ0v) is 19.3. The number of fused-ring (bicyclic) bond motifs is 1. The van der Waals surface area contributed by atoms with Gasteiger partial charge in [0, 0.05) is 52.5 Å². The molecule has 2 N–H and O–H groups in total. The molecule has 0 saturated carbocycles. The van der Waals surface area contributed by atoms with Crippen LogP contribution < -0.4 is 10.6 Å². The summed E-state index contributed by atoms with van der Waals surface area (Å²) in [6.45, 7) is 0.668. The van der Waals surface area contributed by atoms with Crippen LogP contribution in [0.25, 0.3) is 11.3 Å². The molecule has 0 saturated heterocycles. The van der Waals surface area contributed by atoms with E-state index in [1.165, 1.54) is 12.1 Å². The Hall–Kier alpha value is -4.24. The lowest BCUT2D eigenvalue weighted by Gasteiger charge is -2.15. The van der Waals surface area contributed by atoms with Crippen LogP contribution in [0.3, 0.4) is 0 Å². The molecule has 2 heterocycles. The largest absolute Gasteiger partial charge is 0.354 e. The number of imidazole rings is 1. The fraction of sp³-hybridized carbons (Fsp3) is 0.0400. The van der Waals surface area contributed by atoms with Crippen molar-refractivity contribution in [1.29, 1.82) is 0 Å². The number of nitro groups is 1. The van der Waals surface area contributed by atoms with Crippen molar-refractivity contribution in [3.63, 3.8) is 0 Å². The van der Waals surface area contributed by atoms with E-state index < -0.39 is 4.92 Å². The standard InChI is InChI=1S/C25H18BrN5O3/c26-18-5-7-19(8-6-18)28-24(17-3-1-16(2-4-17)14-30-12-11-27-15-30)23-21-13-20(31(33)34)9-10-22(21)29-25(23)32/h1-13,15,28H,14H2,(H,29,32). The number of nitrogens with zero attached hydrogens (tertiary/aromatic N) is 3. The molecule has 168 valence electrons. The Morgan fingerprint density at radius 1 is 1.09 bits per heavy atom. The first-order valence-corrected chi connectivity index (χ1v) is 11.2. The Kier molecular flexibility index (Phi) is 5.69. The van der Waals surface area contributed by atoms with Gasteiger partial charge in [0.25, 0.3) is 11.6 Å². The van der Waals surface area contributed by atoms with E-state index in [1.807, 2.05) is 59.3 Å². The molecular weight excluding hydrogens is 498 g/mol. The summed E-state index contributed by atoms with van der Waals surface area (Å²) < 4.78 is 2.89. The number of nitro benzene ring substituents is 1. The third kappa shape index (κ3) is 4.33. The van der Waals surface area contributed by atoms with E-state index in [2.05, 4.69) is 31.5 Å². The van der Waals surface area contributed by atoms with Gasteiger partial charge in [-0.2, -0.15) is 0 Å². The number of nitrogens with one attached hydrogen (secondary N) is 2. The van der Waals surface area contributed by atoms with Crippen LogP contribution in [0.1, 0.15) is 16.7 Å². The fourth-order valence-corrected chi connectivity index (χ4v) is 4.11. The molecule has 1 amide bonds. The summed E-state index contributed by atoms with van der Waals surface area (Å²) in [6.07, 6.45) is 5.38. The average molecular weight is 516 g/mol. The van der Waals surface area contributed by atoms with Crippen molar-refractivity contribution in [2.45, 2.75) is 6.54 Å². The van der Waals surface area contributed by atoms with Gasteiger partial charge in [0.15, 0.2) is 0 Å². The minimum atomic E-state index is -0.465. The average Bonchev–Trinajstić information content (AvgIpc) is 3.46. The second kappa shape index (κ2) is 8.95. The van der Waals surface area contributed by atoms with E-state index in [4.69, 9.17) is 0 Å². The highest BCUT2D eigenvalue weighted by Gasteiger charge is 2.30. The van der Waals surface area contributed by atoms with Crippen LogP contribution in [0, 0.1) is 10.1 Å². The topological polar surface area (TPSA) is 102 Å². The number of amides is 1. The molecule has 0 atom stereocenters. The first kappa shape index (κ1) is 21.6. The van der Waals surface area contributed by atoms with Crippen LogP contribution >= 0.6 is 15.9 Å². The molecule has 1 aliphatic rings. The van der Waals surface area contributed by atoms with E-state index in [-0.39, 0.29) is 11.6 Å². The molecule has 9 heteroatoms. The summed E-state index contributed by atoms with van der Waals surface area (Å²) in [6, 6.07) is 19.8. The molecule has 0 bridgehead atoms. The lowest BCUT2D eigenvalue weighted by Crippen LogP contribution is -2.10. The predicted octanol–water partition coefficient (Wildman–Crippen LogP) is 5.53. The Balaban J connectivity index is 1.61. The lowest BCUT2D eigenvalue weighted by atomic mass is 9.98. The van der Waals surface area contributed by atoms with Gasteiger partial charge in [-0.25, -0.2) is 4.98 Å². The number of carbonyl (C=O) groups is 1. The van der Waals surface area contributed by atoms with Gasteiger partial charge in [-0.1, -0.05) is 40.2 Å². The zero-order chi connectivity index (χ0) is 23.7. The van der Waals surface area contributed by atoms with E-state index in [0.717, 1.165) is 21.3 Å². The molecule has 0 unspecified atom stereocenters. The predicted molar refractivity (Wildman–Crippen MR) is 134 cm³/mol. The SMILES string of the molecule is O=C1Nc2ccc([N+](=O)[O-])cc2C1=C(Nc1ccc(Br)cc1)c1ccc(Cn2ccnc2)cc1. The fourth-order valence-electron chi connectivity index (χ4n) is 3.84. The highest BCUT2D eigenvalue weighted by Crippen LogP contribution is 2.39. The number of benzene rings is 3. The Labute approximate surface area is 203 Å². The second-order valence-corrected chi connectivity index (χ2v) is 8.67. The Bertz CT molecular complexity index is 1410. The van der Waals surface area contributed by atoms with Gasteiger partial charge in [-0.05, 0) is 41.5 Å². The van der Waals surface area contributed by atoms with Gasteiger partial charge in [0.05, 0.1) is 22.5 Å². The smallest absolute Gasteiger partial charge is 0.270 e. The molecule has 4 aromatic rings. The second-order valence-electron chi connectivity index (χ2n) is 7.75. The number of carbonyl (C=O) groups excluding carboxylic acids is 1. The van der Waals surface area contributed by atoms with Crippen LogP contribution in [-0.4, -0.2) is 20.4 Å². The number of non-ortho nitro benzene ring substituents is 1.